The fraction of sp³-hybridized carbons (Fsp3) is 0.667. The highest BCUT2D eigenvalue weighted by molar-refractivity contribution is 5.04. The molecule has 1 nitrogen and oxygen atoms in total. The standard InChI is InChI=1S/C12H22O/c1-3-5-7-8-9-11-12(13)10-6-4-2/h7-9,11-13H,3-6,10H2,1-2H3. The molecule has 1 atom stereocenters. The van der Waals surface area contributed by atoms with Gasteiger partial charge in [0.15, 0.2) is 0 Å². The highest BCUT2D eigenvalue weighted by Gasteiger charge is 1.95. The number of hydrogen-bond donors (Lipinski definition) is 1. The molecule has 0 aliphatic heterocycles. The van der Waals surface area contributed by atoms with E-state index in [4.69, 9.17) is 0 Å². The van der Waals surface area contributed by atoms with Crippen LogP contribution in [-0.2, 0) is 0 Å². The van der Waals surface area contributed by atoms with Crippen LogP contribution in [0, 0.1) is 0 Å². The molecular weight excluding hydrogens is 160 g/mol. The number of aliphatic hydroxyl groups excluding tert-OH is 1. The van der Waals surface area contributed by atoms with Gasteiger partial charge in [-0.2, -0.15) is 0 Å². The summed E-state index contributed by atoms with van der Waals surface area (Å²) in [6.07, 6.45) is 13.1. The molecule has 0 aliphatic carbocycles. The van der Waals surface area contributed by atoms with Crippen LogP contribution in [0.15, 0.2) is 24.3 Å². The van der Waals surface area contributed by atoms with Gasteiger partial charge in [-0.25, -0.2) is 0 Å². The Hall–Kier alpha value is -0.560. The number of aliphatic hydroxyl groups is 1. The Labute approximate surface area is 82.2 Å². The molecule has 1 heteroatoms. The molecule has 1 unspecified atom stereocenters. The van der Waals surface area contributed by atoms with Crippen LogP contribution in [0.1, 0.15) is 46.0 Å². The van der Waals surface area contributed by atoms with Crippen LogP contribution in [0.4, 0.5) is 0 Å². The third-order valence-corrected chi connectivity index (χ3v) is 1.89. The number of hydrogen-bond acceptors (Lipinski definition) is 1. The van der Waals surface area contributed by atoms with Crippen molar-refractivity contribution in [1.82, 2.24) is 0 Å². The monoisotopic (exact) mass is 182 g/mol. The van der Waals surface area contributed by atoms with E-state index in [1.165, 1.54) is 6.42 Å². The molecule has 76 valence electrons. The quantitative estimate of drug-likeness (QED) is 0.598. The Morgan fingerprint density at radius 2 is 1.92 bits per heavy atom. The highest BCUT2D eigenvalue weighted by atomic mass is 16.3. The first-order chi connectivity index (χ1) is 6.31. The Morgan fingerprint density at radius 1 is 1.15 bits per heavy atom. The number of rotatable bonds is 7. The molecule has 0 aromatic carbocycles. The fourth-order valence-electron chi connectivity index (χ4n) is 1.04. The van der Waals surface area contributed by atoms with Crippen LogP contribution in [0.2, 0.25) is 0 Å². The molecular formula is C12H22O. The van der Waals surface area contributed by atoms with Gasteiger partial charge in [0.2, 0.25) is 0 Å². The first kappa shape index (κ1) is 12.4. The third kappa shape index (κ3) is 9.35. The summed E-state index contributed by atoms with van der Waals surface area (Å²) in [7, 11) is 0. The molecule has 0 bridgehead atoms. The van der Waals surface area contributed by atoms with Gasteiger partial charge in [0.25, 0.3) is 0 Å². The molecule has 0 saturated carbocycles. The van der Waals surface area contributed by atoms with E-state index < -0.39 is 0 Å². The average Bonchev–Trinajstić information content (AvgIpc) is 2.14. The third-order valence-electron chi connectivity index (χ3n) is 1.89. The van der Waals surface area contributed by atoms with Crippen molar-refractivity contribution in [3.05, 3.63) is 24.3 Å². The largest absolute Gasteiger partial charge is 0.389 e. The molecule has 0 aromatic heterocycles. The van der Waals surface area contributed by atoms with Gasteiger partial charge >= 0.3 is 0 Å². The lowest BCUT2D eigenvalue weighted by Crippen LogP contribution is -2.00. The van der Waals surface area contributed by atoms with E-state index in [1.54, 1.807) is 0 Å². The van der Waals surface area contributed by atoms with Gasteiger partial charge in [-0.1, -0.05) is 57.4 Å². The summed E-state index contributed by atoms with van der Waals surface area (Å²) in [5, 5.41) is 9.42. The van der Waals surface area contributed by atoms with E-state index in [1.807, 2.05) is 18.2 Å². The second-order valence-corrected chi connectivity index (χ2v) is 3.31. The van der Waals surface area contributed by atoms with Crippen LogP contribution < -0.4 is 0 Å². The Balaban J connectivity index is 3.46. The normalized spacial score (nSPS) is 14.4. The second-order valence-electron chi connectivity index (χ2n) is 3.31. The molecule has 0 aliphatic rings. The zero-order chi connectivity index (χ0) is 9.94. The zero-order valence-electron chi connectivity index (χ0n) is 8.87. The van der Waals surface area contributed by atoms with Crippen LogP contribution in [0.5, 0.6) is 0 Å². The molecule has 0 spiro atoms. The summed E-state index contributed by atoms with van der Waals surface area (Å²) in [6, 6.07) is 0. The predicted octanol–water partition coefficient (Wildman–Crippen LogP) is 3.45. The van der Waals surface area contributed by atoms with Crippen LogP contribution in [0.3, 0.4) is 0 Å². The van der Waals surface area contributed by atoms with Crippen molar-refractivity contribution in [2.24, 2.45) is 0 Å². The smallest absolute Gasteiger partial charge is 0.0723 e. The SMILES string of the molecule is CCCC=CC=CC(O)CCCC. The van der Waals surface area contributed by atoms with Gasteiger partial charge in [-0.15, -0.1) is 0 Å². The van der Waals surface area contributed by atoms with Crippen molar-refractivity contribution < 1.29 is 5.11 Å². The minimum Gasteiger partial charge on any atom is -0.389 e. The second kappa shape index (κ2) is 9.53. The predicted molar refractivity (Wildman–Crippen MR) is 58.7 cm³/mol. The maximum absolute atomic E-state index is 9.42. The van der Waals surface area contributed by atoms with Crippen molar-refractivity contribution >= 4 is 0 Å². The zero-order valence-corrected chi connectivity index (χ0v) is 8.87. The lowest BCUT2D eigenvalue weighted by Gasteiger charge is -2.01. The Kier molecular flexibility index (Phi) is 9.12. The Bertz CT molecular complexity index is 147. The van der Waals surface area contributed by atoms with E-state index >= 15 is 0 Å². The summed E-state index contributed by atoms with van der Waals surface area (Å²) >= 11 is 0. The van der Waals surface area contributed by atoms with Gasteiger partial charge in [0.05, 0.1) is 6.10 Å². The number of unbranched alkanes of at least 4 members (excludes halogenated alkanes) is 2. The summed E-state index contributed by atoms with van der Waals surface area (Å²) in [4.78, 5) is 0. The first-order valence-electron chi connectivity index (χ1n) is 5.32. The molecule has 1 N–H and O–H groups in total. The van der Waals surface area contributed by atoms with Crippen molar-refractivity contribution in [2.45, 2.75) is 52.1 Å². The minimum absolute atomic E-state index is 0.258. The summed E-state index contributed by atoms with van der Waals surface area (Å²) < 4.78 is 0. The van der Waals surface area contributed by atoms with Crippen molar-refractivity contribution in [1.29, 1.82) is 0 Å². The molecule has 0 fully saturated rings. The maximum atomic E-state index is 9.42. The average molecular weight is 182 g/mol. The van der Waals surface area contributed by atoms with Gasteiger partial charge < -0.3 is 5.11 Å². The van der Waals surface area contributed by atoms with Crippen molar-refractivity contribution in [2.75, 3.05) is 0 Å². The molecule has 0 rings (SSSR count). The molecule has 0 saturated heterocycles. The maximum Gasteiger partial charge on any atom is 0.0723 e. The van der Waals surface area contributed by atoms with E-state index in [9.17, 15) is 5.11 Å². The van der Waals surface area contributed by atoms with Gasteiger partial charge in [-0.05, 0) is 12.8 Å². The lowest BCUT2D eigenvalue weighted by molar-refractivity contribution is 0.209. The summed E-state index contributed by atoms with van der Waals surface area (Å²) in [5.41, 5.74) is 0. The van der Waals surface area contributed by atoms with Crippen LogP contribution in [0.25, 0.3) is 0 Å². The highest BCUT2D eigenvalue weighted by Crippen LogP contribution is 2.01. The molecule has 0 heterocycles. The lowest BCUT2D eigenvalue weighted by atomic mass is 10.1. The van der Waals surface area contributed by atoms with Crippen molar-refractivity contribution in [3.8, 4) is 0 Å². The minimum atomic E-state index is -0.258. The van der Waals surface area contributed by atoms with Gasteiger partial charge in [0, 0.05) is 0 Å². The fourth-order valence-corrected chi connectivity index (χ4v) is 1.04. The van der Waals surface area contributed by atoms with E-state index in [0.717, 1.165) is 25.7 Å². The van der Waals surface area contributed by atoms with Gasteiger partial charge in [-0.3, -0.25) is 0 Å². The summed E-state index contributed by atoms with van der Waals surface area (Å²) in [5.74, 6) is 0. The molecule has 0 aromatic rings. The van der Waals surface area contributed by atoms with E-state index in [0.29, 0.717) is 0 Å². The van der Waals surface area contributed by atoms with Crippen LogP contribution in [-0.4, -0.2) is 11.2 Å². The van der Waals surface area contributed by atoms with E-state index in [-0.39, 0.29) is 6.10 Å². The van der Waals surface area contributed by atoms with Gasteiger partial charge in [0.1, 0.15) is 0 Å². The number of allylic oxidation sites excluding steroid dienone is 3. The van der Waals surface area contributed by atoms with Crippen molar-refractivity contribution in [3.63, 3.8) is 0 Å². The summed E-state index contributed by atoms with van der Waals surface area (Å²) in [6.45, 7) is 4.29. The molecule has 13 heavy (non-hydrogen) atoms. The topological polar surface area (TPSA) is 20.2 Å². The van der Waals surface area contributed by atoms with E-state index in [2.05, 4.69) is 19.9 Å². The molecule has 0 amide bonds. The Morgan fingerprint density at radius 3 is 2.54 bits per heavy atom. The van der Waals surface area contributed by atoms with Crippen LogP contribution >= 0.6 is 0 Å². The first-order valence-corrected chi connectivity index (χ1v) is 5.32. The molecule has 0 radical (unpaired) electrons.